The van der Waals surface area contributed by atoms with Gasteiger partial charge in [-0.2, -0.15) is 0 Å². The largest absolute Gasteiger partial charge is 0.463 e. The van der Waals surface area contributed by atoms with E-state index in [2.05, 4.69) is 6.92 Å². The number of benzene rings is 1. The Labute approximate surface area is 191 Å². The molecule has 0 amide bonds. The fourth-order valence-corrected chi connectivity index (χ4v) is 4.49. The van der Waals surface area contributed by atoms with Crippen LogP contribution >= 0.6 is 0 Å². The third kappa shape index (κ3) is 8.30. The minimum atomic E-state index is -1.06. The molecule has 1 saturated carbocycles. The van der Waals surface area contributed by atoms with Gasteiger partial charge in [-0.15, -0.1) is 0 Å². The summed E-state index contributed by atoms with van der Waals surface area (Å²) in [5.41, 5.74) is 1.77. The number of rotatable bonds is 14. The summed E-state index contributed by atoms with van der Waals surface area (Å²) in [6.45, 7) is 1.98. The van der Waals surface area contributed by atoms with Crippen molar-refractivity contribution in [3.8, 4) is 0 Å². The normalized spacial score (nSPS) is 24.2. The van der Waals surface area contributed by atoms with Crippen LogP contribution in [0, 0.1) is 5.92 Å². The summed E-state index contributed by atoms with van der Waals surface area (Å²) in [5.74, 6) is -0.889. The Balaban J connectivity index is 1.88. The maximum absolute atomic E-state index is 14.6. The van der Waals surface area contributed by atoms with Crippen LogP contribution in [0.15, 0.2) is 36.4 Å². The predicted molar refractivity (Wildman–Crippen MR) is 123 cm³/mol. The topological polar surface area (TPSA) is 87.0 Å². The molecular weight excluding hydrogens is 411 g/mol. The second kappa shape index (κ2) is 14.4. The SMILES string of the molecule is CCCCCC(O)c1ccc([C@@H]2[C@@H](CC=CCCCC(=O)OCCO)[C@H](F)C[C@H]2O)cc1. The number of alkyl halides is 1. The maximum atomic E-state index is 14.6. The minimum Gasteiger partial charge on any atom is -0.463 e. The molecule has 0 radical (unpaired) electrons. The van der Waals surface area contributed by atoms with Crippen molar-refractivity contribution in [2.45, 2.75) is 89.0 Å². The molecule has 0 heterocycles. The van der Waals surface area contributed by atoms with E-state index in [0.717, 1.165) is 36.8 Å². The van der Waals surface area contributed by atoms with Crippen molar-refractivity contribution in [2.24, 2.45) is 5.92 Å². The number of allylic oxidation sites excluding steroid dienone is 2. The molecule has 1 aromatic carbocycles. The van der Waals surface area contributed by atoms with E-state index >= 15 is 0 Å². The number of hydrogen-bond acceptors (Lipinski definition) is 5. The number of aliphatic hydroxyl groups excluding tert-OH is 3. The zero-order valence-corrected chi connectivity index (χ0v) is 19.2. The smallest absolute Gasteiger partial charge is 0.305 e. The molecule has 32 heavy (non-hydrogen) atoms. The number of carbonyl (C=O) groups excluding carboxylic acids is 1. The predicted octanol–water partition coefficient (Wildman–Crippen LogP) is 4.75. The van der Waals surface area contributed by atoms with Crippen molar-refractivity contribution in [3.05, 3.63) is 47.5 Å². The average molecular weight is 451 g/mol. The zero-order valence-electron chi connectivity index (χ0n) is 19.2. The Morgan fingerprint density at radius 3 is 2.66 bits per heavy atom. The summed E-state index contributed by atoms with van der Waals surface area (Å²) >= 11 is 0. The van der Waals surface area contributed by atoms with E-state index in [0.29, 0.717) is 19.3 Å². The summed E-state index contributed by atoms with van der Waals surface area (Å²) in [7, 11) is 0. The van der Waals surface area contributed by atoms with Crippen molar-refractivity contribution in [1.82, 2.24) is 0 Å². The average Bonchev–Trinajstić information content (AvgIpc) is 3.07. The molecule has 2 rings (SSSR count). The molecule has 1 aliphatic carbocycles. The molecular formula is C26H39FO5. The first-order valence-corrected chi connectivity index (χ1v) is 12.0. The molecule has 0 saturated heterocycles. The number of unbranched alkanes of at least 4 members (excludes halogenated alkanes) is 3. The highest BCUT2D eigenvalue weighted by Gasteiger charge is 2.42. The summed E-state index contributed by atoms with van der Waals surface area (Å²) in [5, 5.41) is 29.5. The fourth-order valence-electron chi connectivity index (χ4n) is 4.49. The Morgan fingerprint density at radius 2 is 1.97 bits per heavy atom. The second-order valence-electron chi connectivity index (χ2n) is 8.73. The summed E-state index contributed by atoms with van der Waals surface area (Å²) in [4.78, 5) is 11.4. The molecule has 0 bridgehead atoms. The zero-order chi connectivity index (χ0) is 23.3. The number of ether oxygens (including phenoxy) is 1. The van der Waals surface area contributed by atoms with E-state index in [9.17, 15) is 19.4 Å². The molecule has 0 spiro atoms. The Morgan fingerprint density at radius 1 is 1.22 bits per heavy atom. The Hall–Kier alpha value is -1.76. The van der Waals surface area contributed by atoms with Crippen molar-refractivity contribution >= 4 is 5.97 Å². The van der Waals surface area contributed by atoms with Gasteiger partial charge in [0.1, 0.15) is 12.8 Å². The highest BCUT2D eigenvalue weighted by molar-refractivity contribution is 5.69. The Bertz CT molecular complexity index is 690. The van der Waals surface area contributed by atoms with E-state index in [4.69, 9.17) is 9.84 Å². The summed E-state index contributed by atoms with van der Waals surface area (Å²) < 4.78 is 19.4. The molecule has 1 aliphatic rings. The van der Waals surface area contributed by atoms with E-state index < -0.39 is 18.4 Å². The number of hydrogen-bond donors (Lipinski definition) is 3. The lowest BCUT2D eigenvalue weighted by atomic mass is 9.84. The van der Waals surface area contributed by atoms with Crippen molar-refractivity contribution in [2.75, 3.05) is 13.2 Å². The number of esters is 1. The molecule has 0 aromatic heterocycles. The molecule has 3 N–H and O–H groups in total. The van der Waals surface area contributed by atoms with Crippen molar-refractivity contribution in [3.63, 3.8) is 0 Å². The van der Waals surface area contributed by atoms with Gasteiger partial charge in [0.25, 0.3) is 0 Å². The number of aliphatic hydroxyl groups is 3. The standard InChI is InChI=1S/C26H39FO5/c1-2-3-6-10-23(29)19-12-14-20(15-13-19)26-21(22(27)18-24(26)30)9-7-4-5-8-11-25(31)32-17-16-28/h4,7,12-15,21-24,26,28-30H,2-3,5-6,8-11,16-18H2,1H3/t21-,22+,23?,24+,26+/m0/s1. The molecule has 6 heteroatoms. The van der Waals surface area contributed by atoms with Crippen LogP contribution in [0.1, 0.15) is 87.9 Å². The van der Waals surface area contributed by atoms with Gasteiger partial charge in [0.15, 0.2) is 0 Å². The van der Waals surface area contributed by atoms with Crippen LogP contribution in [0.25, 0.3) is 0 Å². The third-order valence-corrected chi connectivity index (χ3v) is 6.28. The van der Waals surface area contributed by atoms with Crippen molar-refractivity contribution < 1.29 is 29.2 Å². The van der Waals surface area contributed by atoms with Gasteiger partial charge in [-0.1, -0.05) is 62.6 Å². The first-order chi connectivity index (χ1) is 15.5. The maximum Gasteiger partial charge on any atom is 0.305 e. The Kier molecular flexibility index (Phi) is 11.9. The van der Waals surface area contributed by atoms with Crippen LogP contribution in [0.4, 0.5) is 4.39 Å². The van der Waals surface area contributed by atoms with Gasteiger partial charge in [-0.05, 0) is 36.8 Å². The first-order valence-electron chi connectivity index (χ1n) is 12.0. The van der Waals surface area contributed by atoms with Crippen LogP contribution in [0.5, 0.6) is 0 Å². The highest BCUT2D eigenvalue weighted by atomic mass is 19.1. The first kappa shape index (κ1) is 26.5. The number of halogens is 1. The van der Waals surface area contributed by atoms with Gasteiger partial charge in [-0.25, -0.2) is 4.39 Å². The minimum absolute atomic E-state index is 0.0246. The van der Waals surface area contributed by atoms with Gasteiger partial charge in [0.05, 0.1) is 18.8 Å². The van der Waals surface area contributed by atoms with Gasteiger partial charge in [-0.3, -0.25) is 4.79 Å². The quantitative estimate of drug-likeness (QED) is 0.216. The van der Waals surface area contributed by atoms with Crippen LogP contribution in [-0.2, 0) is 9.53 Å². The molecule has 180 valence electrons. The molecule has 0 aliphatic heterocycles. The number of carbonyl (C=O) groups is 1. The summed E-state index contributed by atoms with van der Waals surface area (Å²) in [6, 6.07) is 7.62. The molecule has 1 aromatic rings. The second-order valence-corrected chi connectivity index (χ2v) is 8.73. The molecule has 1 fully saturated rings. The van der Waals surface area contributed by atoms with Gasteiger partial charge in [0.2, 0.25) is 0 Å². The lowest BCUT2D eigenvalue weighted by Crippen LogP contribution is -2.18. The fraction of sp³-hybridized carbons (Fsp3) is 0.654. The third-order valence-electron chi connectivity index (χ3n) is 6.28. The molecule has 1 unspecified atom stereocenters. The van der Waals surface area contributed by atoms with Crippen LogP contribution in [0.2, 0.25) is 0 Å². The molecule has 5 nitrogen and oxygen atoms in total. The monoisotopic (exact) mass is 450 g/mol. The highest BCUT2D eigenvalue weighted by Crippen LogP contribution is 2.44. The van der Waals surface area contributed by atoms with Crippen LogP contribution in [0.3, 0.4) is 0 Å². The lowest BCUT2D eigenvalue weighted by Gasteiger charge is -2.23. The van der Waals surface area contributed by atoms with E-state index in [-0.39, 0.29) is 43.9 Å². The van der Waals surface area contributed by atoms with E-state index in [1.165, 1.54) is 0 Å². The van der Waals surface area contributed by atoms with Crippen LogP contribution < -0.4 is 0 Å². The van der Waals surface area contributed by atoms with Gasteiger partial charge < -0.3 is 20.1 Å². The van der Waals surface area contributed by atoms with Gasteiger partial charge >= 0.3 is 5.97 Å². The lowest BCUT2D eigenvalue weighted by molar-refractivity contribution is -0.144. The van der Waals surface area contributed by atoms with E-state index in [1.807, 2.05) is 36.4 Å². The van der Waals surface area contributed by atoms with Crippen molar-refractivity contribution in [1.29, 1.82) is 0 Å². The summed E-state index contributed by atoms with van der Waals surface area (Å²) in [6.07, 6.45) is 7.84. The van der Waals surface area contributed by atoms with Gasteiger partial charge in [0, 0.05) is 24.7 Å². The van der Waals surface area contributed by atoms with Crippen LogP contribution in [-0.4, -0.2) is 46.8 Å². The van der Waals surface area contributed by atoms with E-state index in [1.54, 1.807) is 0 Å². The molecule has 5 atom stereocenters.